The summed E-state index contributed by atoms with van der Waals surface area (Å²) in [5.41, 5.74) is 7.48. The highest BCUT2D eigenvalue weighted by atomic mass is 32.1. The van der Waals surface area contributed by atoms with Crippen molar-refractivity contribution in [3.63, 3.8) is 0 Å². The Morgan fingerprint density at radius 2 is 2.07 bits per heavy atom. The lowest BCUT2D eigenvalue weighted by molar-refractivity contribution is 0.304. The molecule has 2 aromatic rings. The molecule has 0 fully saturated rings. The van der Waals surface area contributed by atoms with Crippen molar-refractivity contribution in [3.8, 4) is 5.19 Å². The summed E-state index contributed by atoms with van der Waals surface area (Å²) in [6, 6.07) is 10.0. The third-order valence-corrected chi connectivity index (χ3v) is 2.75. The van der Waals surface area contributed by atoms with E-state index in [-0.39, 0.29) is 0 Å². The fraction of sp³-hybridized carbons (Fsp3) is 0.182. The van der Waals surface area contributed by atoms with E-state index in [2.05, 4.69) is 4.98 Å². The zero-order valence-electron chi connectivity index (χ0n) is 8.22. The van der Waals surface area contributed by atoms with Gasteiger partial charge in [0, 0.05) is 11.9 Å². The predicted molar refractivity (Wildman–Crippen MR) is 60.8 cm³/mol. The minimum absolute atomic E-state index is 0.463. The molecule has 0 aliphatic rings. The number of rotatable bonds is 4. The minimum Gasteiger partial charge on any atom is -0.465 e. The molecule has 0 aliphatic heterocycles. The predicted octanol–water partition coefficient (Wildman–Crippen LogP) is 2.18. The quantitative estimate of drug-likeness (QED) is 0.859. The highest BCUT2D eigenvalue weighted by Crippen LogP contribution is 2.18. The maximum atomic E-state index is 5.53. The van der Waals surface area contributed by atoms with Gasteiger partial charge in [0.05, 0.1) is 5.69 Å². The molecule has 0 amide bonds. The van der Waals surface area contributed by atoms with Crippen LogP contribution in [0.4, 0.5) is 0 Å². The lowest BCUT2D eigenvalue weighted by atomic mass is 10.2. The fourth-order valence-corrected chi connectivity index (χ4v) is 1.85. The number of nitrogens with zero attached hydrogens (tertiary/aromatic N) is 1. The highest BCUT2D eigenvalue weighted by Gasteiger charge is 2.01. The Hall–Kier alpha value is -1.39. The highest BCUT2D eigenvalue weighted by molar-refractivity contribution is 7.11. The SMILES string of the molecule is NCc1csc(OCc2ccccc2)n1. The molecule has 1 heterocycles. The molecule has 0 saturated carbocycles. The topological polar surface area (TPSA) is 48.1 Å². The molecule has 4 heteroatoms. The van der Waals surface area contributed by atoms with E-state index in [1.807, 2.05) is 35.7 Å². The molecule has 0 radical (unpaired) electrons. The van der Waals surface area contributed by atoms with Crippen molar-refractivity contribution < 1.29 is 4.74 Å². The zero-order valence-corrected chi connectivity index (χ0v) is 9.04. The minimum atomic E-state index is 0.463. The van der Waals surface area contributed by atoms with Gasteiger partial charge in [0.15, 0.2) is 0 Å². The molecule has 1 aromatic carbocycles. The Balaban J connectivity index is 1.93. The molecule has 0 saturated heterocycles. The van der Waals surface area contributed by atoms with E-state index in [4.69, 9.17) is 10.5 Å². The summed E-state index contributed by atoms with van der Waals surface area (Å²) >= 11 is 1.48. The van der Waals surface area contributed by atoms with Gasteiger partial charge in [-0.1, -0.05) is 41.7 Å². The molecule has 1 aromatic heterocycles. The van der Waals surface area contributed by atoms with Crippen LogP contribution in [0.25, 0.3) is 0 Å². The Kier molecular flexibility index (Phi) is 3.32. The third-order valence-electron chi connectivity index (χ3n) is 1.94. The summed E-state index contributed by atoms with van der Waals surface area (Å²) in [5.74, 6) is 0. The van der Waals surface area contributed by atoms with Crippen molar-refractivity contribution >= 4 is 11.3 Å². The van der Waals surface area contributed by atoms with Crippen LogP contribution >= 0.6 is 11.3 Å². The molecule has 15 heavy (non-hydrogen) atoms. The lowest BCUT2D eigenvalue weighted by Crippen LogP contribution is -1.97. The molecular weight excluding hydrogens is 208 g/mol. The molecule has 0 aliphatic carbocycles. The monoisotopic (exact) mass is 220 g/mol. The van der Waals surface area contributed by atoms with Gasteiger partial charge in [-0.05, 0) is 5.56 Å². The van der Waals surface area contributed by atoms with Gasteiger partial charge in [0.2, 0.25) is 0 Å². The van der Waals surface area contributed by atoms with E-state index in [1.54, 1.807) is 0 Å². The van der Waals surface area contributed by atoms with Crippen LogP contribution in [0.2, 0.25) is 0 Å². The number of hydrogen-bond acceptors (Lipinski definition) is 4. The molecule has 0 atom stereocenters. The molecule has 78 valence electrons. The Morgan fingerprint density at radius 1 is 1.27 bits per heavy atom. The van der Waals surface area contributed by atoms with Gasteiger partial charge in [0.25, 0.3) is 5.19 Å². The largest absolute Gasteiger partial charge is 0.465 e. The molecule has 2 N–H and O–H groups in total. The second-order valence-electron chi connectivity index (χ2n) is 3.08. The van der Waals surface area contributed by atoms with Crippen molar-refractivity contribution in [1.82, 2.24) is 4.98 Å². The van der Waals surface area contributed by atoms with Crippen molar-refractivity contribution in [1.29, 1.82) is 0 Å². The van der Waals surface area contributed by atoms with Gasteiger partial charge in [-0.3, -0.25) is 0 Å². The van der Waals surface area contributed by atoms with E-state index in [0.717, 1.165) is 11.3 Å². The summed E-state index contributed by atoms with van der Waals surface area (Å²) in [4.78, 5) is 4.22. The summed E-state index contributed by atoms with van der Waals surface area (Å²) in [6.45, 7) is 1.02. The molecule has 0 spiro atoms. The summed E-state index contributed by atoms with van der Waals surface area (Å²) in [7, 11) is 0. The first-order valence-electron chi connectivity index (χ1n) is 4.69. The first-order valence-corrected chi connectivity index (χ1v) is 5.57. The Labute approximate surface area is 92.5 Å². The van der Waals surface area contributed by atoms with Crippen molar-refractivity contribution in [2.75, 3.05) is 0 Å². The second-order valence-corrected chi connectivity index (χ2v) is 3.90. The van der Waals surface area contributed by atoms with Crippen LogP contribution in [0.3, 0.4) is 0 Å². The molecule has 0 unspecified atom stereocenters. The van der Waals surface area contributed by atoms with Gasteiger partial charge in [-0.15, -0.1) is 0 Å². The summed E-state index contributed by atoms with van der Waals surface area (Å²) in [6.07, 6.45) is 0. The van der Waals surface area contributed by atoms with Gasteiger partial charge in [-0.25, -0.2) is 4.98 Å². The van der Waals surface area contributed by atoms with Crippen LogP contribution in [0, 0.1) is 0 Å². The average Bonchev–Trinajstić information content (AvgIpc) is 2.76. The fourth-order valence-electron chi connectivity index (χ4n) is 1.17. The van der Waals surface area contributed by atoms with Crippen LogP contribution in [0.5, 0.6) is 5.19 Å². The summed E-state index contributed by atoms with van der Waals surface area (Å²) < 4.78 is 5.53. The number of ether oxygens (including phenoxy) is 1. The number of aromatic nitrogens is 1. The summed E-state index contributed by atoms with van der Waals surface area (Å²) in [5, 5.41) is 2.60. The van der Waals surface area contributed by atoms with Crippen LogP contribution in [0.1, 0.15) is 11.3 Å². The third kappa shape index (κ3) is 2.78. The van der Waals surface area contributed by atoms with E-state index in [1.165, 1.54) is 11.3 Å². The molecule has 0 bridgehead atoms. The molecule has 2 rings (SSSR count). The second kappa shape index (κ2) is 4.91. The van der Waals surface area contributed by atoms with Crippen molar-refractivity contribution in [2.24, 2.45) is 5.73 Å². The van der Waals surface area contributed by atoms with E-state index in [9.17, 15) is 0 Å². The van der Waals surface area contributed by atoms with E-state index >= 15 is 0 Å². The maximum absolute atomic E-state index is 5.53. The molecule has 3 nitrogen and oxygen atoms in total. The molecular formula is C11H12N2OS. The van der Waals surface area contributed by atoms with E-state index in [0.29, 0.717) is 18.3 Å². The normalized spacial score (nSPS) is 10.2. The lowest BCUT2D eigenvalue weighted by Gasteiger charge is -2.01. The number of nitrogens with two attached hydrogens (primary N) is 1. The van der Waals surface area contributed by atoms with Crippen LogP contribution < -0.4 is 10.5 Å². The Bertz CT molecular complexity index is 414. The number of benzene rings is 1. The van der Waals surface area contributed by atoms with Gasteiger partial charge >= 0.3 is 0 Å². The first-order chi connectivity index (χ1) is 7.38. The van der Waals surface area contributed by atoms with Gasteiger partial charge in [0.1, 0.15) is 6.61 Å². The average molecular weight is 220 g/mol. The smallest absolute Gasteiger partial charge is 0.273 e. The van der Waals surface area contributed by atoms with Gasteiger partial charge < -0.3 is 10.5 Å². The number of thiazole rings is 1. The van der Waals surface area contributed by atoms with Crippen molar-refractivity contribution in [3.05, 3.63) is 47.0 Å². The maximum Gasteiger partial charge on any atom is 0.273 e. The van der Waals surface area contributed by atoms with Crippen LogP contribution in [-0.2, 0) is 13.2 Å². The van der Waals surface area contributed by atoms with Gasteiger partial charge in [-0.2, -0.15) is 0 Å². The van der Waals surface area contributed by atoms with Crippen LogP contribution in [0.15, 0.2) is 35.7 Å². The standard InChI is InChI=1S/C11H12N2OS/c12-6-10-8-15-11(13-10)14-7-9-4-2-1-3-5-9/h1-5,8H,6-7,12H2. The van der Waals surface area contributed by atoms with Crippen LogP contribution in [-0.4, -0.2) is 4.98 Å². The number of hydrogen-bond donors (Lipinski definition) is 1. The van der Waals surface area contributed by atoms with Crippen molar-refractivity contribution in [2.45, 2.75) is 13.2 Å². The Morgan fingerprint density at radius 3 is 2.73 bits per heavy atom. The first kappa shape index (κ1) is 10.1. The van der Waals surface area contributed by atoms with E-state index < -0.39 is 0 Å². The zero-order chi connectivity index (χ0) is 10.5.